The second-order valence-electron chi connectivity index (χ2n) is 12.7. The van der Waals surface area contributed by atoms with Crippen LogP contribution in [0.15, 0.2) is 122 Å². The van der Waals surface area contributed by atoms with Crippen molar-refractivity contribution in [2.45, 2.75) is 38.6 Å². The van der Waals surface area contributed by atoms with Gasteiger partial charge in [-0.15, -0.1) is 0 Å². The fourth-order valence-corrected chi connectivity index (χ4v) is 8.71. The van der Waals surface area contributed by atoms with Crippen LogP contribution in [0.3, 0.4) is 0 Å². The third-order valence-electron chi connectivity index (χ3n) is 9.02. The number of esters is 1. The third-order valence-corrected chi connectivity index (χ3v) is 11.5. The van der Waals surface area contributed by atoms with Gasteiger partial charge in [-0.3, -0.25) is 24.4 Å². The zero-order valence-corrected chi connectivity index (χ0v) is 31.0. The van der Waals surface area contributed by atoms with E-state index in [1.54, 1.807) is 24.5 Å². The van der Waals surface area contributed by atoms with Gasteiger partial charge in [-0.25, -0.2) is 4.79 Å². The first-order valence-corrected chi connectivity index (χ1v) is 19.3. The molecular formula is C43H42N5O5P. The zero-order valence-electron chi connectivity index (χ0n) is 30.1. The van der Waals surface area contributed by atoms with Crippen LogP contribution in [0.2, 0.25) is 0 Å². The normalized spacial score (nSPS) is 11.0. The van der Waals surface area contributed by atoms with E-state index in [1.807, 2.05) is 97.1 Å². The molecule has 3 N–H and O–H groups in total. The summed E-state index contributed by atoms with van der Waals surface area (Å²) in [7, 11) is 0.213. The summed E-state index contributed by atoms with van der Waals surface area (Å²) >= 11 is 0. The minimum absolute atomic E-state index is 0.0896. The SMILES string of the molecule is COC(=O)c1ccc(C(=O)NCCCCCNC(=O)CCC(=O)NCc2ccnc3c2ccc2cccnc23)cc1P(c1ccccc1)c1ccccc1. The lowest BCUT2D eigenvalue weighted by Crippen LogP contribution is -2.29. The minimum atomic E-state index is -1.15. The van der Waals surface area contributed by atoms with Gasteiger partial charge in [0, 0.05) is 66.5 Å². The van der Waals surface area contributed by atoms with Crippen LogP contribution in [0.25, 0.3) is 21.8 Å². The van der Waals surface area contributed by atoms with E-state index < -0.39 is 13.9 Å². The number of hydrogen-bond acceptors (Lipinski definition) is 7. The Kier molecular flexibility index (Phi) is 13.1. The summed E-state index contributed by atoms with van der Waals surface area (Å²) in [6.45, 7) is 1.28. The Morgan fingerprint density at radius 2 is 1.31 bits per heavy atom. The Hall–Kier alpha value is -5.99. The molecule has 2 aromatic heterocycles. The molecule has 0 bridgehead atoms. The van der Waals surface area contributed by atoms with Crippen LogP contribution in [-0.4, -0.2) is 53.9 Å². The first-order chi connectivity index (χ1) is 26.4. The average Bonchev–Trinajstić information content (AvgIpc) is 3.22. The van der Waals surface area contributed by atoms with E-state index in [0.717, 1.165) is 62.5 Å². The van der Waals surface area contributed by atoms with Crippen molar-refractivity contribution in [2.24, 2.45) is 0 Å². The first-order valence-electron chi connectivity index (χ1n) is 18.0. The molecule has 11 heteroatoms. The van der Waals surface area contributed by atoms with Crippen LogP contribution in [-0.2, 0) is 20.9 Å². The van der Waals surface area contributed by atoms with E-state index in [2.05, 4.69) is 25.9 Å². The number of ether oxygens (including phenoxy) is 1. The van der Waals surface area contributed by atoms with E-state index in [4.69, 9.17) is 4.74 Å². The van der Waals surface area contributed by atoms with E-state index in [9.17, 15) is 19.2 Å². The van der Waals surface area contributed by atoms with Gasteiger partial charge in [0.05, 0.1) is 23.7 Å². The highest BCUT2D eigenvalue weighted by Crippen LogP contribution is 2.35. The minimum Gasteiger partial charge on any atom is -0.465 e. The maximum absolute atomic E-state index is 13.3. The summed E-state index contributed by atoms with van der Waals surface area (Å²) in [6, 6.07) is 34.8. The van der Waals surface area contributed by atoms with Crippen LogP contribution in [0.4, 0.5) is 0 Å². The molecule has 0 aliphatic rings. The van der Waals surface area contributed by atoms with Crippen molar-refractivity contribution in [1.29, 1.82) is 0 Å². The fraction of sp³-hybridized carbons (Fsp3) is 0.209. The molecule has 2 heterocycles. The molecule has 0 fully saturated rings. The smallest absolute Gasteiger partial charge is 0.338 e. The zero-order chi connectivity index (χ0) is 37.7. The lowest BCUT2D eigenvalue weighted by atomic mass is 10.1. The number of nitrogens with zero attached hydrogens (tertiary/aromatic N) is 2. The van der Waals surface area contributed by atoms with Gasteiger partial charge < -0.3 is 20.7 Å². The highest BCUT2D eigenvalue weighted by atomic mass is 31.1. The number of benzene rings is 4. The number of unbranched alkanes of at least 4 members (excludes halogenated alkanes) is 2. The predicted octanol–water partition coefficient (Wildman–Crippen LogP) is 5.44. The molecule has 0 spiro atoms. The number of pyridine rings is 2. The molecule has 0 saturated carbocycles. The molecule has 0 saturated heterocycles. The van der Waals surface area contributed by atoms with E-state index in [0.29, 0.717) is 30.8 Å². The van der Waals surface area contributed by atoms with Crippen molar-refractivity contribution in [3.63, 3.8) is 0 Å². The van der Waals surface area contributed by atoms with Gasteiger partial charge in [0.2, 0.25) is 11.8 Å². The van der Waals surface area contributed by atoms with Crippen molar-refractivity contribution < 1.29 is 23.9 Å². The van der Waals surface area contributed by atoms with Crippen LogP contribution < -0.4 is 31.9 Å². The van der Waals surface area contributed by atoms with Crippen LogP contribution in [0.1, 0.15) is 58.4 Å². The van der Waals surface area contributed by atoms with Crippen molar-refractivity contribution in [2.75, 3.05) is 20.2 Å². The monoisotopic (exact) mass is 739 g/mol. The number of carbonyl (C=O) groups excluding carboxylic acids is 4. The second kappa shape index (κ2) is 18.7. The van der Waals surface area contributed by atoms with Gasteiger partial charge in [-0.05, 0) is 73.7 Å². The average molecular weight is 740 g/mol. The summed E-state index contributed by atoms with van der Waals surface area (Å²) in [5, 5.41) is 13.6. The maximum Gasteiger partial charge on any atom is 0.338 e. The molecule has 0 unspecified atom stereocenters. The summed E-state index contributed by atoms with van der Waals surface area (Å²) < 4.78 is 5.12. The molecule has 0 atom stereocenters. The molecule has 6 aromatic rings. The third kappa shape index (κ3) is 9.51. The molecule has 6 rings (SSSR count). The molecule has 274 valence electrons. The Morgan fingerprint density at radius 1 is 0.648 bits per heavy atom. The molecule has 54 heavy (non-hydrogen) atoms. The van der Waals surface area contributed by atoms with Crippen molar-refractivity contribution in [3.8, 4) is 0 Å². The van der Waals surface area contributed by atoms with Crippen LogP contribution in [0, 0.1) is 0 Å². The Bertz CT molecular complexity index is 2210. The molecule has 0 radical (unpaired) electrons. The number of hydrogen-bond donors (Lipinski definition) is 3. The van der Waals surface area contributed by atoms with Gasteiger partial charge in [-0.2, -0.15) is 0 Å². The van der Waals surface area contributed by atoms with Crippen LogP contribution in [0.5, 0.6) is 0 Å². The highest BCUT2D eigenvalue weighted by Gasteiger charge is 2.24. The Morgan fingerprint density at radius 3 is 2.02 bits per heavy atom. The predicted molar refractivity (Wildman–Crippen MR) is 214 cm³/mol. The van der Waals surface area contributed by atoms with Gasteiger partial charge in [0.15, 0.2) is 0 Å². The first kappa shape index (κ1) is 37.8. The van der Waals surface area contributed by atoms with Crippen LogP contribution >= 0.6 is 7.92 Å². The van der Waals surface area contributed by atoms with Crippen molar-refractivity contribution in [1.82, 2.24) is 25.9 Å². The van der Waals surface area contributed by atoms with E-state index in [-0.39, 0.29) is 30.6 Å². The van der Waals surface area contributed by atoms with Crippen molar-refractivity contribution in [3.05, 3.63) is 138 Å². The molecule has 0 aliphatic carbocycles. The number of carbonyl (C=O) groups is 4. The highest BCUT2D eigenvalue weighted by molar-refractivity contribution is 7.80. The second-order valence-corrected chi connectivity index (χ2v) is 14.9. The topological polar surface area (TPSA) is 139 Å². The molecule has 10 nitrogen and oxygen atoms in total. The summed E-state index contributed by atoms with van der Waals surface area (Å²) in [6.07, 6.45) is 5.91. The van der Waals surface area contributed by atoms with Gasteiger partial charge >= 0.3 is 5.97 Å². The number of methoxy groups -OCH3 is 1. The quantitative estimate of drug-likeness (QED) is 0.0520. The molecule has 3 amide bonds. The number of aromatic nitrogens is 2. The lowest BCUT2D eigenvalue weighted by Gasteiger charge is -2.22. The Balaban J connectivity index is 0.931. The van der Waals surface area contributed by atoms with E-state index in [1.165, 1.54) is 7.11 Å². The largest absolute Gasteiger partial charge is 0.465 e. The number of fused-ring (bicyclic) bond motifs is 3. The van der Waals surface area contributed by atoms with Gasteiger partial charge in [0.1, 0.15) is 0 Å². The van der Waals surface area contributed by atoms with E-state index >= 15 is 0 Å². The van der Waals surface area contributed by atoms with Crippen molar-refractivity contribution >= 4 is 69.3 Å². The summed E-state index contributed by atoms with van der Waals surface area (Å²) in [5.41, 5.74) is 3.44. The Labute approximate surface area is 315 Å². The molecular weight excluding hydrogens is 697 g/mol. The lowest BCUT2D eigenvalue weighted by molar-refractivity contribution is -0.126. The summed E-state index contributed by atoms with van der Waals surface area (Å²) in [4.78, 5) is 60.1. The fourth-order valence-electron chi connectivity index (χ4n) is 6.24. The number of nitrogens with one attached hydrogen (secondary N) is 3. The number of amides is 3. The van der Waals surface area contributed by atoms with Gasteiger partial charge in [-0.1, -0.05) is 78.9 Å². The number of rotatable bonds is 16. The molecule has 0 aliphatic heterocycles. The molecule has 4 aromatic carbocycles. The maximum atomic E-state index is 13.3. The summed E-state index contributed by atoms with van der Waals surface area (Å²) in [5.74, 6) is -1.05. The standard InChI is InChI=1S/C43H42N5O5P/c1-53-43(52)36-20-18-31(28-37(36)54(33-13-5-2-6-14-33)34-15-7-3-8-16-34)42(51)47-25-10-4-9-24-44-38(49)21-22-39(50)48-29-32-23-27-46-41-35(32)19-17-30-12-11-26-45-40(30)41/h2-3,5-8,11-20,23,26-28H,4,9-10,21-22,24-25,29H2,1H3,(H,44,49)(H,47,51)(H,48,50). The van der Waals surface area contributed by atoms with Gasteiger partial charge in [0.25, 0.3) is 5.91 Å².